The van der Waals surface area contributed by atoms with Gasteiger partial charge in [0.05, 0.1) is 11.0 Å². The van der Waals surface area contributed by atoms with Crippen molar-refractivity contribution in [2.24, 2.45) is 0 Å². The van der Waals surface area contributed by atoms with Gasteiger partial charge in [0.1, 0.15) is 5.69 Å². The Morgan fingerprint density at radius 1 is 1.00 bits per heavy atom. The van der Waals surface area contributed by atoms with Gasteiger partial charge in [-0.15, -0.1) is 0 Å². The van der Waals surface area contributed by atoms with Gasteiger partial charge in [0.15, 0.2) is 0 Å². The molecule has 0 fully saturated rings. The maximum absolute atomic E-state index is 13.1. The fraction of sp³-hybridized carbons (Fsp3) is 0.250. The number of aliphatic hydroxyl groups is 1. The molecule has 0 saturated carbocycles. The number of nitrogens with one attached hydrogen (secondary N) is 3. The fourth-order valence-corrected chi connectivity index (χ4v) is 5.06. The lowest BCUT2D eigenvalue weighted by atomic mass is 9.87. The van der Waals surface area contributed by atoms with Gasteiger partial charge in [-0.05, 0) is 53.8 Å². The molecule has 0 aliphatic heterocycles. The van der Waals surface area contributed by atoms with Gasteiger partial charge in [0, 0.05) is 28.7 Å². The SMILES string of the molecule is CC(O)CNC(=O)c1[nH]c2ccc(NS(=O)(=O)c3ccc(C(C)(C)C)cc3)cc2c1-c1ccccc1. The summed E-state index contributed by atoms with van der Waals surface area (Å²) in [4.78, 5) is 16.3. The first-order valence-electron chi connectivity index (χ1n) is 11.8. The number of aromatic nitrogens is 1. The number of aliphatic hydroxyl groups excluding tert-OH is 1. The molecule has 1 unspecified atom stereocenters. The van der Waals surface area contributed by atoms with Crippen molar-refractivity contribution in [3.63, 3.8) is 0 Å². The number of carbonyl (C=O) groups is 1. The summed E-state index contributed by atoms with van der Waals surface area (Å²) in [5, 5.41) is 13.0. The highest BCUT2D eigenvalue weighted by Crippen LogP contribution is 2.34. The maximum Gasteiger partial charge on any atom is 0.268 e. The lowest BCUT2D eigenvalue weighted by Crippen LogP contribution is -2.31. The highest BCUT2D eigenvalue weighted by atomic mass is 32.2. The molecule has 188 valence electrons. The topological polar surface area (TPSA) is 111 Å². The Balaban J connectivity index is 1.73. The number of carbonyl (C=O) groups excluding carboxylic acids is 1. The molecule has 8 heteroatoms. The second-order valence-electron chi connectivity index (χ2n) is 9.94. The average molecular weight is 506 g/mol. The number of hydrogen-bond acceptors (Lipinski definition) is 4. The van der Waals surface area contributed by atoms with Crippen LogP contribution in [0.5, 0.6) is 0 Å². The van der Waals surface area contributed by atoms with Crippen molar-refractivity contribution in [3.05, 3.63) is 84.1 Å². The van der Waals surface area contributed by atoms with E-state index < -0.39 is 16.1 Å². The van der Waals surface area contributed by atoms with E-state index in [4.69, 9.17) is 0 Å². The van der Waals surface area contributed by atoms with E-state index in [1.165, 1.54) is 0 Å². The summed E-state index contributed by atoms with van der Waals surface area (Å²) >= 11 is 0. The van der Waals surface area contributed by atoms with Gasteiger partial charge < -0.3 is 15.4 Å². The van der Waals surface area contributed by atoms with Crippen LogP contribution in [0.25, 0.3) is 22.0 Å². The van der Waals surface area contributed by atoms with Crippen LogP contribution < -0.4 is 10.0 Å². The number of sulfonamides is 1. The third kappa shape index (κ3) is 5.45. The summed E-state index contributed by atoms with van der Waals surface area (Å²) in [6.45, 7) is 7.93. The van der Waals surface area contributed by atoms with Gasteiger partial charge in [0.25, 0.3) is 15.9 Å². The molecule has 0 radical (unpaired) electrons. The lowest BCUT2D eigenvalue weighted by molar-refractivity contribution is 0.0920. The summed E-state index contributed by atoms with van der Waals surface area (Å²) in [5.41, 5.74) is 3.84. The molecule has 0 spiro atoms. The monoisotopic (exact) mass is 505 g/mol. The van der Waals surface area contributed by atoms with E-state index in [9.17, 15) is 18.3 Å². The number of amides is 1. The van der Waals surface area contributed by atoms with Crippen molar-refractivity contribution >= 4 is 32.5 Å². The van der Waals surface area contributed by atoms with Crippen LogP contribution in [0.15, 0.2) is 77.7 Å². The van der Waals surface area contributed by atoms with Crippen molar-refractivity contribution in [2.75, 3.05) is 11.3 Å². The van der Waals surface area contributed by atoms with Gasteiger partial charge in [-0.1, -0.05) is 63.2 Å². The third-order valence-corrected chi connectivity index (χ3v) is 7.33. The number of hydrogen-bond donors (Lipinski definition) is 4. The van der Waals surface area contributed by atoms with Crippen LogP contribution in [0.4, 0.5) is 5.69 Å². The van der Waals surface area contributed by atoms with E-state index in [1.54, 1.807) is 37.3 Å². The third-order valence-electron chi connectivity index (χ3n) is 5.93. The molecular formula is C28H31N3O4S. The molecule has 36 heavy (non-hydrogen) atoms. The second-order valence-corrected chi connectivity index (χ2v) is 11.6. The van der Waals surface area contributed by atoms with Crippen molar-refractivity contribution in [3.8, 4) is 11.1 Å². The molecule has 0 bridgehead atoms. The maximum atomic E-state index is 13.1. The molecule has 7 nitrogen and oxygen atoms in total. The van der Waals surface area contributed by atoms with E-state index in [0.29, 0.717) is 27.8 Å². The van der Waals surface area contributed by atoms with E-state index in [1.807, 2.05) is 42.5 Å². The van der Waals surface area contributed by atoms with E-state index in [0.717, 1.165) is 11.1 Å². The lowest BCUT2D eigenvalue weighted by Gasteiger charge is -2.19. The molecule has 1 amide bonds. The highest BCUT2D eigenvalue weighted by molar-refractivity contribution is 7.92. The molecular weight excluding hydrogens is 474 g/mol. The summed E-state index contributed by atoms with van der Waals surface area (Å²) in [5.74, 6) is -0.355. The van der Waals surface area contributed by atoms with Gasteiger partial charge in [-0.25, -0.2) is 8.42 Å². The standard InChI is InChI=1S/C28H31N3O4S/c1-18(32)17-29-27(33)26-25(19-8-6-5-7-9-19)23-16-21(12-15-24(23)30-26)31-36(34,35)22-13-10-20(11-14-22)28(2,3)4/h5-16,18,30-32H,17H2,1-4H3,(H,29,33). The van der Waals surface area contributed by atoms with E-state index in [2.05, 4.69) is 35.8 Å². The number of H-pyrrole nitrogens is 1. The second kappa shape index (κ2) is 9.79. The largest absolute Gasteiger partial charge is 0.392 e. The van der Waals surface area contributed by atoms with Gasteiger partial charge in [-0.2, -0.15) is 0 Å². The quantitative estimate of drug-likeness (QED) is 0.282. The number of aromatic amines is 1. The molecule has 4 rings (SSSR count). The number of fused-ring (bicyclic) bond motifs is 1. The Bertz CT molecular complexity index is 1480. The van der Waals surface area contributed by atoms with Crippen LogP contribution in [0.1, 0.15) is 43.7 Å². The summed E-state index contributed by atoms with van der Waals surface area (Å²) in [7, 11) is -3.82. The zero-order valence-electron chi connectivity index (χ0n) is 20.8. The number of anilines is 1. The van der Waals surface area contributed by atoms with E-state index >= 15 is 0 Å². The first kappa shape index (κ1) is 25.5. The molecule has 4 N–H and O–H groups in total. The Hall–Kier alpha value is -3.62. The Morgan fingerprint density at radius 3 is 2.28 bits per heavy atom. The highest BCUT2D eigenvalue weighted by Gasteiger charge is 2.22. The first-order valence-corrected chi connectivity index (χ1v) is 13.2. The van der Waals surface area contributed by atoms with Crippen LogP contribution in [-0.2, 0) is 15.4 Å². The van der Waals surface area contributed by atoms with Crippen molar-refractivity contribution in [1.82, 2.24) is 10.3 Å². The van der Waals surface area contributed by atoms with Gasteiger partial charge in [-0.3, -0.25) is 9.52 Å². The van der Waals surface area contributed by atoms with Crippen molar-refractivity contribution in [1.29, 1.82) is 0 Å². The minimum atomic E-state index is -3.82. The van der Waals surface area contributed by atoms with Crippen LogP contribution in [0.2, 0.25) is 0 Å². The van der Waals surface area contributed by atoms with Crippen molar-refractivity contribution in [2.45, 2.75) is 44.1 Å². The van der Waals surface area contributed by atoms with Gasteiger partial charge in [0.2, 0.25) is 0 Å². The Morgan fingerprint density at radius 2 is 1.67 bits per heavy atom. The number of benzene rings is 3. The normalized spacial score (nSPS) is 12.9. The first-order chi connectivity index (χ1) is 17.0. The zero-order valence-corrected chi connectivity index (χ0v) is 21.6. The molecule has 1 atom stereocenters. The molecule has 1 heterocycles. The predicted molar refractivity (Wildman–Crippen MR) is 144 cm³/mol. The van der Waals surface area contributed by atoms with Crippen LogP contribution >= 0.6 is 0 Å². The summed E-state index contributed by atoms with van der Waals surface area (Å²) < 4.78 is 28.9. The molecule has 1 aromatic heterocycles. The zero-order chi connectivity index (χ0) is 26.1. The summed E-state index contributed by atoms with van der Waals surface area (Å²) in [6, 6.07) is 21.4. The smallest absolute Gasteiger partial charge is 0.268 e. The van der Waals surface area contributed by atoms with Crippen LogP contribution in [-0.4, -0.2) is 37.1 Å². The predicted octanol–water partition coefficient (Wildman–Crippen LogP) is 5.04. The number of rotatable bonds is 7. The molecule has 0 saturated heterocycles. The molecule has 3 aromatic carbocycles. The average Bonchev–Trinajstić information content (AvgIpc) is 3.21. The molecule has 4 aromatic rings. The van der Waals surface area contributed by atoms with Gasteiger partial charge >= 0.3 is 0 Å². The summed E-state index contributed by atoms with van der Waals surface area (Å²) in [6.07, 6.45) is -0.683. The fourth-order valence-electron chi connectivity index (χ4n) is 4.01. The van der Waals surface area contributed by atoms with Crippen molar-refractivity contribution < 1.29 is 18.3 Å². The van der Waals surface area contributed by atoms with E-state index in [-0.39, 0.29) is 22.8 Å². The molecule has 0 aliphatic rings. The Kier molecular flexibility index (Phi) is 6.93. The van der Waals surface area contributed by atoms with Crippen LogP contribution in [0.3, 0.4) is 0 Å². The van der Waals surface area contributed by atoms with Crippen LogP contribution in [0, 0.1) is 0 Å². The minimum Gasteiger partial charge on any atom is -0.392 e. The minimum absolute atomic E-state index is 0.0813. The molecule has 0 aliphatic carbocycles. The Labute approximate surface area is 211 Å².